The fraction of sp³-hybridized carbons (Fsp3) is 0.500. The number of hydrogen-bond donors (Lipinski definition) is 1. The van der Waals surface area contributed by atoms with Gasteiger partial charge in [0.1, 0.15) is 5.75 Å². The van der Waals surface area contributed by atoms with Gasteiger partial charge in [0.2, 0.25) is 0 Å². The predicted octanol–water partition coefficient (Wildman–Crippen LogP) is 3.56. The fourth-order valence-corrected chi connectivity index (χ4v) is 2.34. The maximum absolute atomic E-state index is 11.9. The topological polar surface area (TPSA) is 61.5 Å². The summed E-state index contributed by atoms with van der Waals surface area (Å²) >= 11 is 12.0. The molecule has 0 amide bonds. The lowest BCUT2D eigenvalue weighted by Gasteiger charge is -2.20. The summed E-state index contributed by atoms with van der Waals surface area (Å²) in [6.07, 6.45) is 0.637. The second-order valence-electron chi connectivity index (χ2n) is 4.23. The molecule has 1 atom stereocenters. The van der Waals surface area contributed by atoms with Crippen LogP contribution >= 0.6 is 23.2 Å². The molecule has 20 heavy (non-hydrogen) atoms. The van der Waals surface area contributed by atoms with Crippen molar-refractivity contribution in [3.05, 3.63) is 27.7 Å². The summed E-state index contributed by atoms with van der Waals surface area (Å²) in [6.45, 7) is 4.24. The average Bonchev–Trinajstić information content (AvgIpc) is 2.40. The van der Waals surface area contributed by atoms with Gasteiger partial charge in [-0.1, -0.05) is 36.5 Å². The maximum Gasteiger partial charge on any atom is 0.347 e. The third-order valence-electron chi connectivity index (χ3n) is 2.67. The molecular weight excluding hydrogens is 301 g/mol. The number of halogens is 2. The van der Waals surface area contributed by atoms with Crippen LogP contribution in [-0.4, -0.2) is 18.7 Å². The zero-order valence-electron chi connectivity index (χ0n) is 11.6. The molecule has 0 aliphatic carbocycles. The number of esters is 1. The van der Waals surface area contributed by atoms with E-state index >= 15 is 0 Å². The first-order valence-corrected chi connectivity index (χ1v) is 7.30. The van der Waals surface area contributed by atoms with Crippen molar-refractivity contribution >= 4 is 29.2 Å². The van der Waals surface area contributed by atoms with E-state index in [4.69, 9.17) is 38.4 Å². The Kier molecular flexibility index (Phi) is 7.13. The first-order chi connectivity index (χ1) is 9.53. The van der Waals surface area contributed by atoms with E-state index in [1.807, 2.05) is 6.92 Å². The molecule has 4 nitrogen and oxygen atoms in total. The summed E-state index contributed by atoms with van der Waals surface area (Å²) in [5.41, 5.74) is 6.32. The van der Waals surface area contributed by atoms with E-state index in [9.17, 15) is 4.79 Å². The van der Waals surface area contributed by atoms with Crippen molar-refractivity contribution in [2.24, 2.45) is 5.73 Å². The summed E-state index contributed by atoms with van der Waals surface area (Å²) in [5.74, 6) is -0.00610. The lowest BCUT2D eigenvalue weighted by atomic mass is 10.1. The Bertz CT molecular complexity index is 466. The largest absolute Gasteiger partial charge is 0.477 e. The van der Waals surface area contributed by atoms with Gasteiger partial charge in [-0.05, 0) is 25.5 Å². The predicted molar refractivity (Wildman–Crippen MR) is 80.3 cm³/mol. The number of hydrogen-bond acceptors (Lipinski definition) is 4. The van der Waals surface area contributed by atoms with Gasteiger partial charge in [0.05, 0.1) is 11.6 Å². The third-order valence-corrected chi connectivity index (χ3v) is 3.16. The molecular formula is C14H19Cl2NO3. The Balaban J connectivity index is 3.01. The second kappa shape index (κ2) is 8.35. The minimum absolute atomic E-state index is 0.220. The Labute approximate surface area is 129 Å². The van der Waals surface area contributed by atoms with Crippen LogP contribution in [0.25, 0.3) is 0 Å². The Hall–Kier alpha value is -0.970. The number of benzene rings is 1. The zero-order chi connectivity index (χ0) is 15.1. The van der Waals surface area contributed by atoms with Crippen molar-refractivity contribution in [3.63, 3.8) is 0 Å². The molecule has 112 valence electrons. The molecule has 0 fully saturated rings. The molecule has 0 aliphatic rings. The van der Waals surface area contributed by atoms with Crippen LogP contribution in [0, 0.1) is 0 Å². The lowest BCUT2D eigenvalue weighted by molar-refractivity contribution is -0.151. The highest BCUT2D eigenvalue weighted by Gasteiger charge is 2.23. The fourth-order valence-electron chi connectivity index (χ4n) is 1.76. The number of nitrogens with two attached hydrogens (primary N) is 1. The standard InChI is InChI=1S/C14H19Cl2NO3/c1-3-5-12(14(18)19-4-2)20-13-9(8-17)6-10(15)7-11(13)16/h6-7,12H,3-5,8,17H2,1-2H3. The van der Waals surface area contributed by atoms with Crippen molar-refractivity contribution in [2.75, 3.05) is 6.61 Å². The molecule has 2 N–H and O–H groups in total. The van der Waals surface area contributed by atoms with Crippen molar-refractivity contribution in [2.45, 2.75) is 39.3 Å². The highest BCUT2D eigenvalue weighted by molar-refractivity contribution is 6.35. The molecule has 1 unspecified atom stereocenters. The van der Waals surface area contributed by atoms with E-state index in [0.29, 0.717) is 34.4 Å². The summed E-state index contributed by atoms with van der Waals surface area (Å²) in [4.78, 5) is 11.9. The van der Waals surface area contributed by atoms with E-state index in [2.05, 4.69) is 0 Å². The molecule has 0 aromatic heterocycles. The summed E-state index contributed by atoms with van der Waals surface area (Å²) < 4.78 is 10.7. The van der Waals surface area contributed by atoms with Gasteiger partial charge >= 0.3 is 5.97 Å². The molecule has 0 aliphatic heterocycles. The van der Waals surface area contributed by atoms with Gasteiger partial charge in [-0.3, -0.25) is 0 Å². The molecule has 0 heterocycles. The second-order valence-corrected chi connectivity index (χ2v) is 5.07. The molecule has 0 saturated carbocycles. The lowest BCUT2D eigenvalue weighted by Crippen LogP contribution is -2.30. The van der Waals surface area contributed by atoms with E-state index in [1.54, 1.807) is 19.1 Å². The highest BCUT2D eigenvalue weighted by atomic mass is 35.5. The van der Waals surface area contributed by atoms with Gasteiger partial charge < -0.3 is 15.2 Å². The van der Waals surface area contributed by atoms with Crippen LogP contribution in [0.1, 0.15) is 32.3 Å². The molecule has 6 heteroatoms. The number of ether oxygens (including phenoxy) is 2. The zero-order valence-corrected chi connectivity index (χ0v) is 13.1. The quantitative estimate of drug-likeness (QED) is 0.780. The van der Waals surface area contributed by atoms with Crippen molar-refractivity contribution in [1.82, 2.24) is 0 Å². The number of carbonyl (C=O) groups is 1. The average molecular weight is 320 g/mol. The minimum Gasteiger partial charge on any atom is -0.477 e. The highest BCUT2D eigenvalue weighted by Crippen LogP contribution is 2.33. The first kappa shape index (κ1) is 17.1. The van der Waals surface area contributed by atoms with Gasteiger partial charge in [0.25, 0.3) is 0 Å². The smallest absolute Gasteiger partial charge is 0.347 e. The monoisotopic (exact) mass is 319 g/mol. The van der Waals surface area contributed by atoms with Crippen LogP contribution < -0.4 is 10.5 Å². The van der Waals surface area contributed by atoms with Gasteiger partial charge in [-0.25, -0.2) is 4.79 Å². The van der Waals surface area contributed by atoms with E-state index < -0.39 is 12.1 Å². The minimum atomic E-state index is -0.691. The van der Waals surface area contributed by atoms with Crippen LogP contribution in [0.5, 0.6) is 5.75 Å². The Morgan fingerprint density at radius 2 is 2.05 bits per heavy atom. The van der Waals surface area contributed by atoms with Gasteiger partial charge in [0, 0.05) is 17.1 Å². The Morgan fingerprint density at radius 1 is 1.35 bits per heavy atom. The van der Waals surface area contributed by atoms with Crippen LogP contribution in [0.15, 0.2) is 12.1 Å². The summed E-state index contributed by atoms with van der Waals surface area (Å²) in [5, 5.41) is 0.814. The van der Waals surface area contributed by atoms with E-state index in [0.717, 1.165) is 6.42 Å². The van der Waals surface area contributed by atoms with Gasteiger partial charge in [-0.15, -0.1) is 0 Å². The summed E-state index contributed by atoms with van der Waals surface area (Å²) in [7, 11) is 0. The van der Waals surface area contributed by atoms with Gasteiger partial charge in [-0.2, -0.15) is 0 Å². The molecule has 0 bridgehead atoms. The third kappa shape index (κ3) is 4.54. The SMILES string of the molecule is CCCC(Oc1c(Cl)cc(Cl)cc1CN)C(=O)OCC. The maximum atomic E-state index is 11.9. The van der Waals surface area contributed by atoms with Crippen LogP contribution in [0.4, 0.5) is 0 Å². The van der Waals surface area contributed by atoms with Gasteiger partial charge in [0.15, 0.2) is 6.10 Å². The van der Waals surface area contributed by atoms with Crippen LogP contribution in [-0.2, 0) is 16.1 Å². The van der Waals surface area contributed by atoms with E-state index in [1.165, 1.54) is 0 Å². The van der Waals surface area contributed by atoms with Crippen LogP contribution in [0.2, 0.25) is 10.0 Å². The number of rotatable bonds is 7. The summed E-state index contributed by atoms with van der Waals surface area (Å²) in [6, 6.07) is 3.24. The molecule has 0 radical (unpaired) electrons. The van der Waals surface area contributed by atoms with Crippen molar-refractivity contribution in [1.29, 1.82) is 0 Å². The normalized spacial score (nSPS) is 12.1. The molecule has 1 aromatic carbocycles. The molecule has 0 spiro atoms. The number of carbonyl (C=O) groups excluding carboxylic acids is 1. The molecule has 1 aromatic rings. The Morgan fingerprint density at radius 3 is 2.60 bits per heavy atom. The van der Waals surface area contributed by atoms with Crippen molar-refractivity contribution in [3.8, 4) is 5.75 Å². The molecule has 1 rings (SSSR count). The van der Waals surface area contributed by atoms with E-state index in [-0.39, 0.29) is 6.54 Å². The first-order valence-electron chi connectivity index (χ1n) is 6.54. The van der Waals surface area contributed by atoms with Crippen LogP contribution in [0.3, 0.4) is 0 Å². The van der Waals surface area contributed by atoms with Crippen molar-refractivity contribution < 1.29 is 14.3 Å². The molecule has 0 saturated heterocycles.